The molecule has 0 aromatic heterocycles. The zero-order valence-corrected chi connectivity index (χ0v) is 10.1. The monoisotopic (exact) mass is 250 g/mol. The number of carboxylic acids is 1. The fourth-order valence-electron chi connectivity index (χ4n) is 2.05. The molecule has 6 nitrogen and oxygen atoms in total. The van der Waals surface area contributed by atoms with E-state index in [4.69, 9.17) is 9.84 Å². The molecule has 1 unspecified atom stereocenters. The number of nitrogens with one attached hydrogen (secondary N) is 1. The first-order valence-electron chi connectivity index (χ1n) is 5.47. The van der Waals surface area contributed by atoms with Crippen LogP contribution in [0.3, 0.4) is 0 Å². The molecule has 1 aromatic rings. The second-order valence-corrected chi connectivity index (χ2v) is 4.07. The van der Waals surface area contributed by atoms with Crippen molar-refractivity contribution in [3.05, 3.63) is 18.2 Å². The zero-order chi connectivity index (χ0) is 13.3. The normalized spacial score (nSPS) is 18.0. The van der Waals surface area contributed by atoms with E-state index in [-0.39, 0.29) is 12.3 Å². The van der Waals surface area contributed by atoms with Gasteiger partial charge in [0.15, 0.2) is 0 Å². The maximum absolute atomic E-state index is 11.9. The van der Waals surface area contributed by atoms with Crippen LogP contribution in [0.4, 0.5) is 11.4 Å². The Morgan fingerprint density at radius 2 is 2.28 bits per heavy atom. The number of rotatable bonds is 3. The van der Waals surface area contributed by atoms with Crippen LogP contribution >= 0.6 is 0 Å². The molecule has 1 aliphatic rings. The lowest BCUT2D eigenvalue weighted by Gasteiger charge is -2.35. The Kier molecular flexibility index (Phi) is 3.10. The van der Waals surface area contributed by atoms with Crippen LogP contribution in [-0.4, -0.2) is 37.2 Å². The Bertz CT molecular complexity index is 501. The third kappa shape index (κ3) is 1.97. The van der Waals surface area contributed by atoms with Crippen LogP contribution in [0.15, 0.2) is 18.2 Å². The highest BCUT2D eigenvalue weighted by Gasteiger charge is 2.33. The Morgan fingerprint density at radius 1 is 1.56 bits per heavy atom. The fourth-order valence-corrected chi connectivity index (χ4v) is 2.05. The van der Waals surface area contributed by atoms with Crippen LogP contribution in [0.5, 0.6) is 5.75 Å². The molecule has 2 rings (SSSR count). The van der Waals surface area contributed by atoms with Gasteiger partial charge in [-0.1, -0.05) is 6.07 Å². The van der Waals surface area contributed by atoms with Gasteiger partial charge in [-0.15, -0.1) is 0 Å². The highest BCUT2D eigenvalue weighted by molar-refractivity contribution is 6.06. The molecule has 1 atom stereocenters. The quantitative estimate of drug-likeness (QED) is 0.834. The van der Waals surface area contributed by atoms with Crippen molar-refractivity contribution in [2.24, 2.45) is 0 Å². The number of benzene rings is 1. The molecule has 0 fully saturated rings. The van der Waals surface area contributed by atoms with E-state index >= 15 is 0 Å². The summed E-state index contributed by atoms with van der Waals surface area (Å²) in [5, 5.41) is 11.5. The van der Waals surface area contributed by atoms with Gasteiger partial charge in [0.05, 0.1) is 19.2 Å². The molecule has 1 aromatic carbocycles. The van der Waals surface area contributed by atoms with Crippen LogP contribution in [0, 0.1) is 0 Å². The third-order valence-electron chi connectivity index (χ3n) is 2.99. The minimum absolute atomic E-state index is 0.237. The molecule has 6 heteroatoms. The van der Waals surface area contributed by atoms with Crippen molar-refractivity contribution in [2.75, 3.05) is 24.4 Å². The first-order chi connectivity index (χ1) is 8.54. The van der Waals surface area contributed by atoms with Crippen molar-refractivity contribution in [3.8, 4) is 5.75 Å². The van der Waals surface area contributed by atoms with E-state index in [1.54, 1.807) is 24.1 Å². The second kappa shape index (κ2) is 4.56. The maximum atomic E-state index is 11.9. The lowest BCUT2D eigenvalue weighted by Crippen LogP contribution is -2.47. The van der Waals surface area contributed by atoms with Gasteiger partial charge in [0.2, 0.25) is 5.91 Å². The van der Waals surface area contributed by atoms with Gasteiger partial charge in [-0.2, -0.15) is 0 Å². The summed E-state index contributed by atoms with van der Waals surface area (Å²) >= 11 is 0. The molecule has 1 heterocycles. The Morgan fingerprint density at radius 3 is 2.89 bits per heavy atom. The molecule has 0 saturated carbocycles. The van der Waals surface area contributed by atoms with E-state index in [1.807, 2.05) is 6.07 Å². The van der Waals surface area contributed by atoms with Crippen molar-refractivity contribution in [3.63, 3.8) is 0 Å². The summed E-state index contributed by atoms with van der Waals surface area (Å²) in [4.78, 5) is 24.3. The number of carbonyl (C=O) groups is 2. The number of nitrogens with zero attached hydrogens (tertiary/aromatic N) is 1. The molecule has 0 radical (unpaired) electrons. The van der Waals surface area contributed by atoms with Crippen molar-refractivity contribution >= 4 is 23.3 Å². The molecule has 2 N–H and O–H groups in total. The third-order valence-corrected chi connectivity index (χ3v) is 2.99. The van der Waals surface area contributed by atoms with Crippen molar-refractivity contribution in [1.82, 2.24) is 0 Å². The summed E-state index contributed by atoms with van der Waals surface area (Å²) in [5.74, 6) is -0.785. The summed E-state index contributed by atoms with van der Waals surface area (Å²) in [5.41, 5.74) is 1.33. The van der Waals surface area contributed by atoms with Gasteiger partial charge in [0.1, 0.15) is 17.5 Å². The number of amides is 1. The average Bonchev–Trinajstić information content (AvgIpc) is 2.33. The number of likely N-dealkylation sites (N-methyl/N-ethyl adjacent to an activating group) is 1. The standard InChI is InChI=1S/C12H14N2O4/c1-14-7-4-3-5-9(18-2)11(7)13-12(17)8(14)6-10(15)16/h3-5,8H,6H2,1-2H3,(H,13,17)(H,15,16). The van der Waals surface area contributed by atoms with Crippen molar-refractivity contribution in [1.29, 1.82) is 0 Å². The van der Waals surface area contributed by atoms with Gasteiger partial charge in [-0.05, 0) is 12.1 Å². The lowest BCUT2D eigenvalue weighted by atomic mass is 10.1. The molecule has 0 spiro atoms. The number of hydrogen-bond donors (Lipinski definition) is 2. The zero-order valence-electron chi connectivity index (χ0n) is 10.1. The van der Waals surface area contributed by atoms with Gasteiger partial charge >= 0.3 is 5.97 Å². The van der Waals surface area contributed by atoms with Gasteiger partial charge in [-0.3, -0.25) is 9.59 Å². The predicted molar refractivity (Wildman–Crippen MR) is 66.1 cm³/mol. The largest absolute Gasteiger partial charge is 0.494 e. The maximum Gasteiger partial charge on any atom is 0.305 e. The highest BCUT2D eigenvalue weighted by Crippen LogP contribution is 2.38. The Hall–Kier alpha value is -2.24. The molecular formula is C12H14N2O4. The van der Waals surface area contributed by atoms with Gasteiger partial charge in [0, 0.05) is 7.05 Å². The fraction of sp³-hybridized carbons (Fsp3) is 0.333. The highest BCUT2D eigenvalue weighted by atomic mass is 16.5. The molecule has 0 bridgehead atoms. The number of hydrogen-bond acceptors (Lipinski definition) is 4. The summed E-state index contributed by atoms with van der Waals surface area (Å²) in [6, 6.07) is 4.64. The van der Waals surface area contributed by atoms with Gasteiger partial charge in [0.25, 0.3) is 0 Å². The minimum Gasteiger partial charge on any atom is -0.494 e. The first-order valence-corrected chi connectivity index (χ1v) is 5.47. The molecule has 0 aliphatic carbocycles. The summed E-state index contributed by atoms with van der Waals surface area (Å²) in [6.07, 6.45) is -0.237. The predicted octanol–water partition coefficient (Wildman–Crippen LogP) is 0.927. The number of anilines is 2. The minimum atomic E-state index is -1.01. The molecule has 18 heavy (non-hydrogen) atoms. The van der Waals surface area contributed by atoms with E-state index in [2.05, 4.69) is 5.32 Å². The van der Waals surface area contributed by atoms with E-state index in [9.17, 15) is 9.59 Å². The molecule has 0 saturated heterocycles. The van der Waals surface area contributed by atoms with E-state index in [0.29, 0.717) is 11.4 Å². The van der Waals surface area contributed by atoms with E-state index in [0.717, 1.165) is 5.69 Å². The summed E-state index contributed by atoms with van der Waals surface area (Å²) < 4.78 is 5.17. The second-order valence-electron chi connectivity index (χ2n) is 4.07. The smallest absolute Gasteiger partial charge is 0.305 e. The van der Waals surface area contributed by atoms with Crippen LogP contribution in [-0.2, 0) is 9.59 Å². The van der Waals surface area contributed by atoms with E-state index < -0.39 is 12.0 Å². The number of ether oxygens (including phenoxy) is 1. The van der Waals surface area contributed by atoms with Gasteiger partial charge in [-0.25, -0.2) is 0 Å². The molecule has 96 valence electrons. The SMILES string of the molecule is COc1cccc2c1NC(=O)C(CC(=O)O)N2C. The number of carbonyl (C=O) groups excluding carboxylic acids is 1. The lowest BCUT2D eigenvalue weighted by molar-refractivity contribution is -0.138. The average molecular weight is 250 g/mol. The van der Waals surface area contributed by atoms with Crippen LogP contribution in [0.25, 0.3) is 0 Å². The topological polar surface area (TPSA) is 78.9 Å². The number of carboxylic acid groups (broad SMARTS) is 1. The van der Waals surface area contributed by atoms with Crippen LogP contribution < -0.4 is 15.0 Å². The molecular weight excluding hydrogens is 236 g/mol. The first kappa shape index (κ1) is 12.2. The van der Waals surface area contributed by atoms with Crippen molar-refractivity contribution in [2.45, 2.75) is 12.5 Å². The summed E-state index contributed by atoms with van der Waals surface area (Å²) in [6.45, 7) is 0. The molecule has 1 amide bonds. The Labute approximate surface area is 104 Å². The van der Waals surface area contributed by atoms with Crippen LogP contribution in [0.2, 0.25) is 0 Å². The number of fused-ring (bicyclic) bond motifs is 1. The van der Waals surface area contributed by atoms with Crippen LogP contribution in [0.1, 0.15) is 6.42 Å². The van der Waals surface area contributed by atoms with E-state index in [1.165, 1.54) is 7.11 Å². The molecule has 1 aliphatic heterocycles. The number of aliphatic carboxylic acids is 1. The summed E-state index contributed by atoms with van der Waals surface area (Å²) in [7, 11) is 3.22. The number of methoxy groups -OCH3 is 1. The van der Waals surface area contributed by atoms with Crippen molar-refractivity contribution < 1.29 is 19.4 Å². The Balaban J connectivity index is 2.41. The number of para-hydroxylation sites is 1. The van der Waals surface area contributed by atoms with Gasteiger partial charge < -0.3 is 20.1 Å².